The first-order valence-electron chi connectivity index (χ1n) is 2.93. The second-order valence-corrected chi connectivity index (χ2v) is 1.24. The maximum atomic E-state index is 9.49. The van der Waals surface area contributed by atoms with E-state index in [2.05, 4.69) is 16.4 Å². The molecule has 66 valence electrons. The van der Waals surface area contributed by atoms with Gasteiger partial charge in [-0.15, -0.1) is 6.58 Å². The Hall–Kier alpha value is -1.07. The predicted molar refractivity (Wildman–Crippen MR) is 38.0 cm³/mol. The van der Waals surface area contributed by atoms with Gasteiger partial charge in [0.2, 0.25) is 0 Å². The zero-order valence-electron chi connectivity index (χ0n) is 6.32. The molecule has 0 aliphatic carbocycles. The summed E-state index contributed by atoms with van der Waals surface area (Å²) < 4.78 is 0. The summed E-state index contributed by atoms with van der Waals surface area (Å²) in [5, 5.41) is 15.3. The standard InChI is InChI=1S/C4H6O4.C2H6O/c1-2-3-7-8-4(5)6;1-2-3/h2H,1,3H2,(H,5,6);3H,2H2,1H3. The summed E-state index contributed by atoms with van der Waals surface area (Å²) in [4.78, 5) is 17.1. The smallest absolute Gasteiger partial charge is 0.448 e. The van der Waals surface area contributed by atoms with Gasteiger partial charge in [-0.3, -0.25) is 4.89 Å². The van der Waals surface area contributed by atoms with Crippen molar-refractivity contribution >= 4 is 6.16 Å². The minimum Gasteiger partial charge on any atom is -0.448 e. The zero-order valence-corrected chi connectivity index (χ0v) is 6.32. The molecule has 0 amide bonds. The van der Waals surface area contributed by atoms with E-state index in [1.165, 1.54) is 6.08 Å². The zero-order chi connectivity index (χ0) is 9.11. The molecule has 0 spiro atoms. The van der Waals surface area contributed by atoms with Gasteiger partial charge in [-0.1, -0.05) is 6.08 Å². The fourth-order valence-corrected chi connectivity index (χ4v) is 0.133. The van der Waals surface area contributed by atoms with Crippen LogP contribution in [-0.4, -0.2) is 29.6 Å². The van der Waals surface area contributed by atoms with Crippen molar-refractivity contribution in [3.05, 3.63) is 12.7 Å². The quantitative estimate of drug-likeness (QED) is 0.279. The first-order chi connectivity index (χ1) is 5.18. The highest BCUT2D eigenvalue weighted by Crippen LogP contribution is 1.77. The third-order valence-electron chi connectivity index (χ3n) is 0.316. The van der Waals surface area contributed by atoms with Gasteiger partial charge >= 0.3 is 6.16 Å². The molecule has 0 aromatic carbocycles. The first-order valence-corrected chi connectivity index (χ1v) is 2.93. The molecule has 2 N–H and O–H groups in total. The van der Waals surface area contributed by atoms with Crippen molar-refractivity contribution in [1.29, 1.82) is 0 Å². The van der Waals surface area contributed by atoms with Gasteiger partial charge in [-0.05, 0) is 6.92 Å². The van der Waals surface area contributed by atoms with Gasteiger partial charge in [0, 0.05) is 6.61 Å². The molecule has 0 atom stereocenters. The van der Waals surface area contributed by atoms with E-state index in [1.807, 2.05) is 0 Å². The summed E-state index contributed by atoms with van der Waals surface area (Å²) >= 11 is 0. The van der Waals surface area contributed by atoms with Crippen LogP contribution in [0.2, 0.25) is 0 Å². The van der Waals surface area contributed by atoms with Crippen LogP contribution in [-0.2, 0) is 9.78 Å². The number of hydrogen-bond donors (Lipinski definition) is 2. The molecule has 0 aromatic rings. The van der Waals surface area contributed by atoms with Crippen molar-refractivity contribution in [2.45, 2.75) is 6.92 Å². The highest BCUT2D eigenvalue weighted by molar-refractivity contribution is 5.55. The lowest BCUT2D eigenvalue weighted by Crippen LogP contribution is -2.00. The van der Waals surface area contributed by atoms with Gasteiger partial charge in [0.1, 0.15) is 6.61 Å². The van der Waals surface area contributed by atoms with Crippen molar-refractivity contribution in [1.82, 2.24) is 0 Å². The van der Waals surface area contributed by atoms with Crippen LogP contribution in [0.25, 0.3) is 0 Å². The molecule has 0 rings (SSSR count). The summed E-state index contributed by atoms with van der Waals surface area (Å²) in [5.74, 6) is 0. The van der Waals surface area contributed by atoms with Gasteiger partial charge in [-0.25, -0.2) is 4.79 Å². The van der Waals surface area contributed by atoms with E-state index in [0.29, 0.717) is 0 Å². The Morgan fingerprint density at radius 2 is 2.18 bits per heavy atom. The van der Waals surface area contributed by atoms with E-state index in [-0.39, 0.29) is 13.2 Å². The topological polar surface area (TPSA) is 76.0 Å². The Morgan fingerprint density at radius 1 is 1.73 bits per heavy atom. The number of aliphatic hydroxyl groups is 1. The number of rotatable bonds is 3. The summed E-state index contributed by atoms with van der Waals surface area (Å²) in [6.45, 7) is 5.27. The van der Waals surface area contributed by atoms with E-state index in [0.717, 1.165) is 0 Å². The fraction of sp³-hybridized carbons (Fsp3) is 0.500. The minimum absolute atomic E-state index is 0.0757. The van der Waals surface area contributed by atoms with Crippen molar-refractivity contribution < 1.29 is 24.8 Å². The average molecular weight is 164 g/mol. The molecule has 0 fully saturated rings. The summed E-state index contributed by atoms with van der Waals surface area (Å²) in [6.07, 6.45) is -0.0741. The lowest BCUT2D eigenvalue weighted by atomic mass is 10.7. The normalized spacial score (nSPS) is 7.45. The van der Waals surface area contributed by atoms with E-state index in [4.69, 9.17) is 10.2 Å². The fourth-order valence-electron chi connectivity index (χ4n) is 0.133. The molecule has 0 aliphatic rings. The van der Waals surface area contributed by atoms with Crippen LogP contribution in [0.3, 0.4) is 0 Å². The number of carbonyl (C=O) groups is 1. The van der Waals surface area contributed by atoms with Crippen LogP contribution in [0, 0.1) is 0 Å². The van der Waals surface area contributed by atoms with E-state index in [9.17, 15) is 4.79 Å². The molecule has 0 unspecified atom stereocenters. The SMILES string of the molecule is C=CCOOC(=O)O.CCO. The first kappa shape index (κ1) is 12.6. The van der Waals surface area contributed by atoms with Gasteiger partial charge < -0.3 is 10.2 Å². The molecule has 0 radical (unpaired) electrons. The Morgan fingerprint density at radius 3 is 2.45 bits per heavy atom. The molecule has 0 saturated heterocycles. The molecule has 0 bridgehead atoms. The van der Waals surface area contributed by atoms with Gasteiger partial charge in [-0.2, -0.15) is 4.89 Å². The van der Waals surface area contributed by atoms with Gasteiger partial charge in [0.05, 0.1) is 0 Å². The van der Waals surface area contributed by atoms with Crippen molar-refractivity contribution in [3.63, 3.8) is 0 Å². The molecular weight excluding hydrogens is 152 g/mol. The number of hydrogen-bond acceptors (Lipinski definition) is 4. The summed E-state index contributed by atoms with van der Waals surface area (Å²) in [5.41, 5.74) is 0. The largest absolute Gasteiger partial charge is 0.537 e. The number of carboxylic acid groups (broad SMARTS) is 1. The maximum absolute atomic E-state index is 9.49. The van der Waals surface area contributed by atoms with Crippen LogP contribution in [0.1, 0.15) is 6.92 Å². The summed E-state index contributed by atoms with van der Waals surface area (Å²) in [7, 11) is 0. The molecule has 5 heteroatoms. The Kier molecular flexibility index (Phi) is 13.4. The maximum Gasteiger partial charge on any atom is 0.537 e. The van der Waals surface area contributed by atoms with E-state index >= 15 is 0 Å². The van der Waals surface area contributed by atoms with Crippen LogP contribution in [0.4, 0.5) is 4.79 Å². The third-order valence-corrected chi connectivity index (χ3v) is 0.316. The van der Waals surface area contributed by atoms with E-state index < -0.39 is 6.16 Å². The molecule has 5 nitrogen and oxygen atoms in total. The summed E-state index contributed by atoms with van der Waals surface area (Å²) in [6, 6.07) is 0. The second kappa shape index (κ2) is 11.7. The van der Waals surface area contributed by atoms with E-state index in [1.54, 1.807) is 6.92 Å². The van der Waals surface area contributed by atoms with Crippen molar-refractivity contribution in [3.8, 4) is 0 Å². The predicted octanol–water partition coefficient (Wildman–Crippen LogP) is 0.797. The van der Waals surface area contributed by atoms with Crippen LogP contribution >= 0.6 is 0 Å². The molecule has 11 heavy (non-hydrogen) atoms. The lowest BCUT2D eigenvalue weighted by molar-refractivity contribution is -0.241. The number of aliphatic hydroxyl groups excluding tert-OH is 1. The van der Waals surface area contributed by atoms with Crippen LogP contribution in [0.5, 0.6) is 0 Å². The molecule has 0 heterocycles. The average Bonchev–Trinajstić information content (AvgIpc) is 1.89. The minimum atomic E-state index is -1.45. The van der Waals surface area contributed by atoms with Crippen molar-refractivity contribution in [2.75, 3.05) is 13.2 Å². The monoisotopic (exact) mass is 164 g/mol. The van der Waals surface area contributed by atoms with Crippen LogP contribution < -0.4 is 0 Å². The molecular formula is C6H12O5. The molecule has 0 aromatic heterocycles. The highest BCUT2D eigenvalue weighted by atomic mass is 17.2. The third kappa shape index (κ3) is 27.8. The van der Waals surface area contributed by atoms with Crippen molar-refractivity contribution in [2.24, 2.45) is 0 Å². The van der Waals surface area contributed by atoms with Gasteiger partial charge in [0.15, 0.2) is 0 Å². The Bertz CT molecular complexity index is 101. The Labute approximate surface area is 64.8 Å². The lowest BCUT2D eigenvalue weighted by Gasteiger charge is -1.91. The van der Waals surface area contributed by atoms with Gasteiger partial charge in [0.25, 0.3) is 0 Å². The molecule has 0 aliphatic heterocycles. The second-order valence-electron chi connectivity index (χ2n) is 1.24. The Balaban J connectivity index is 0. The molecule has 0 saturated carbocycles. The highest BCUT2D eigenvalue weighted by Gasteiger charge is 1.92. The van der Waals surface area contributed by atoms with Crippen LogP contribution in [0.15, 0.2) is 12.7 Å².